The second-order valence-corrected chi connectivity index (χ2v) is 5.81. The van der Waals surface area contributed by atoms with E-state index in [2.05, 4.69) is 16.8 Å². The Kier molecular flexibility index (Phi) is 10.3. The first-order chi connectivity index (χ1) is 10.4. The van der Waals surface area contributed by atoms with Gasteiger partial charge in [0.15, 0.2) is 0 Å². The number of benzene rings is 1. The summed E-state index contributed by atoms with van der Waals surface area (Å²) in [6, 6.07) is 4.16. The molecule has 8 heteroatoms. The Morgan fingerprint density at radius 3 is 2.38 bits per heavy atom. The molecular formula is C16H22Cl3F3N2. The van der Waals surface area contributed by atoms with Gasteiger partial charge in [-0.25, -0.2) is 0 Å². The molecule has 0 radical (unpaired) electrons. The standard InChI is InChI=1S/C16H20ClF3N2.2ClH/c1-2-3-4-15(22-9-7-21-8-10-22)12-5-6-13(14(17)11-12)16(18,19)20;;/h2,5-6,11,15,21H,1,3-4,7-10H2;2*1H/t15-;;/m0../s1. The number of hydrogen-bond acceptors (Lipinski definition) is 2. The van der Waals surface area contributed by atoms with Crippen LogP contribution in [0.2, 0.25) is 5.02 Å². The summed E-state index contributed by atoms with van der Waals surface area (Å²) in [7, 11) is 0. The third kappa shape index (κ3) is 6.12. The van der Waals surface area contributed by atoms with Crippen molar-refractivity contribution in [1.82, 2.24) is 10.2 Å². The predicted octanol–water partition coefficient (Wildman–Crippen LogP) is 5.11. The van der Waals surface area contributed by atoms with Crippen LogP contribution >= 0.6 is 36.4 Å². The molecule has 1 heterocycles. The normalized spacial score (nSPS) is 16.7. The fourth-order valence-electron chi connectivity index (χ4n) is 2.80. The highest BCUT2D eigenvalue weighted by molar-refractivity contribution is 6.31. The third-order valence-electron chi connectivity index (χ3n) is 3.92. The number of halogens is 6. The minimum absolute atomic E-state index is 0. The average molecular weight is 406 g/mol. The van der Waals surface area contributed by atoms with Gasteiger partial charge in [-0.2, -0.15) is 13.2 Å². The van der Waals surface area contributed by atoms with Crippen molar-refractivity contribution in [3.05, 3.63) is 47.0 Å². The van der Waals surface area contributed by atoms with Gasteiger partial charge < -0.3 is 5.32 Å². The van der Waals surface area contributed by atoms with E-state index in [-0.39, 0.29) is 35.9 Å². The number of hydrogen-bond donors (Lipinski definition) is 1. The van der Waals surface area contributed by atoms with Crippen LogP contribution in [0, 0.1) is 0 Å². The summed E-state index contributed by atoms with van der Waals surface area (Å²) >= 11 is 5.86. The number of alkyl halides is 3. The lowest BCUT2D eigenvalue weighted by Gasteiger charge is -2.35. The van der Waals surface area contributed by atoms with Crippen molar-refractivity contribution >= 4 is 36.4 Å². The zero-order valence-corrected chi connectivity index (χ0v) is 15.5. The van der Waals surface area contributed by atoms with Gasteiger partial charge in [0.2, 0.25) is 0 Å². The smallest absolute Gasteiger partial charge is 0.314 e. The lowest BCUT2D eigenvalue weighted by molar-refractivity contribution is -0.137. The minimum atomic E-state index is -4.42. The van der Waals surface area contributed by atoms with Crippen LogP contribution in [0.1, 0.15) is 30.0 Å². The Balaban J connectivity index is 0.00000264. The van der Waals surface area contributed by atoms with Crippen molar-refractivity contribution in [3.8, 4) is 0 Å². The largest absolute Gasteiger partial charge is 0.417 e. The van der Waals surface area contributed by atoms with E-state index in [0.717, 1.165) is 50.7 Å². The summed E-state index contributed by atoms with van der Waals surface area (Å²) in [5, 5.41) is 3.05. The highest BCUT2D eigenvalue weighted by atomic mass is 35.5. The van der Waals surface area contributed by atoms with Crippen molar-refractivity contribution in [1.29, 1.82) is 0 Å². The molecule has 0 aromatic heterocycles. The fraction of sp³-hybridized carbons (Fsp3) is 0.500. The van der Waals surface area contributed by atoms with E-state index in [1.54, 1.807) is 6.07 Å². The molecule has 0 bridgehead atoms. The lowest BCUT2D eigenvalue weighted by atomic mass is 9.98. The zero-order valence-electron chi connectivity index (χ0n) is 13.1. The van der Waals surface area contributed by atoms with E-state index in [1.807, 2.05) is 6.08 Å². The number of nitrogens with zero attached hydrogens (tertiary/aromatic N) is 1. The van der Waals surface area contributed by atoms with Gasteiger partial charge in [-0.3, -0.25) is 4.90 Å². The lowest BCUT2D eigenvalue weighted by Crippen LogP contribution is -2.45. The predicted molar refractivity (Wildman–Crippen MR) is 97.6 cm³/mol. The van der Waals surface area contributed by atoms with Crippen LogP contribution in [0.3, 0.4) is 0 Å². The molecule has 1 fully saturated rings. The maximum Gasteiger partial charge on any atom is 0.417 e. The van der Waals surface area contributed by atoms with Crippen molar-refractivity contribution in [2.24, 2.45) is 0 Å². The van der Waals surface area contributed by atoms with Gasteiger partial charge >= 0.3 is 6.18 Å². The minimum Gasteiger partial charge on any atom is -0.314 e. The molecule has 1 aliphatic rings. The summed E-state index contributed by atoms with van der Waals surface area (Å²) in [5.41, 5.74) is 0.0578. The topological polar surface area (TPSA) is 15.3 Å². The molecule has 0 aliphatic carbocycles. The Morgan fingerprint density at radius 2 is 1.88 bits per heavy atom. The van der Waals surface area contributed by atoms with Crippen LogP contribution in [-0.2, 0) is 6.18 Å². The number of rotatable bonds is 5. The monoisotopic (exact) mass is 404 g/mol. The maximum absolute atomic E-state index is 12.8. The Hall–Kier alpha value is -0.460. The van der Waals surface area contributed by atoms with Gasteiger partial charge in [0.1, 0.15) is 0 Å². The van der Waals surface area contributed by atoms with Gasteiger partial charge in [-0.1, -0.05) is 23.7 Å². The van der Waals surface area contributed by atoms with Crippen molar-refractivity contribution in [2.45, 2.75) is 25.1 Å². The Bertz CT molecular complexity index is 518. The molecule has 1 saturated heterocycles. The van der Waals surface area contributed by atoms with Crippen molar-refractivity contribution in [3.63, 3.8) is 0 Å². The van der Waals surface area contributed by atoms with Crippen LogP contribution in [0.15, 0.2) is 30.9 Å². The molecule has 1 aromatic carbocycles. The van der Waals surface area contributed by atoms with Crippen molar-refractivity contribution in [2.75, 3.05) is 26.2 Å². The van der Waals surface area contributed by atoms with E-state index in [4.69, 9.17) is 11.6 Å². The molecule has 0 spiro atoms. The van der Waals surface area contributed by atoms with Crippen LogP contribution in [-0.4, -0.2) is 31.1 Å². The van der Waals surface area contributed by atoms with Gasteiger partial charge in [0.05, 0.1) is 10.6 Å². The molecule has 2 rings (SSSR count). The van der Waals surface area contributed by atoms with Gasteiger partial charge in [-0.05, 0) is 30.5 Å². The average Bonchev–Trinajstić information content (AvgIpc) is 2.47. The van der Waals surface area contributed by atoms with Crippen LogP contribution in [0.4, 0.5) is 13.2 Å². The summed E-state index contributed by atoms with van der Waals surface area (Å²) in [6.07, 6.45) is -0.944. The second kappa shape index (κ2) is 10.5. The number of allylic oxidation sites excluding steroid dienone is 1. The number of nitrogens with one attached hydrogen (secondary N) is 1. The second-order valence-electron chi connectivity index (χ2n) is 5.40. The summed E-state index contributed by atoms with van der Waals surface area (Å²) in [6.45, 7) is 7.26. The molecule has 2 nitrogen and oxygen atoms in total. The molecule has 24 heavy (non-hydrogen) atoms. The third-order valence-corrected chi connectivity index (χ3v) is 4.23. The van der Waals surface area contributed by atoms with Gasteiger partial charge in [0, 0.05) is 32.2 Å². The molecule has 1 aliphatic heterocycles. The van der Waals surface area contributed by atoms with Gasteiger partial charge in [-0.15, -0.1) is 31.4 Å². The highest BCUT2D eigenvalue weighted by Crippen LogP contribution is 2.37. The van der Waals surface area contributed by atoms with E-state index in [9.17, 15) is 13.2 Å². The quantitative estimate of drug-likeness (QED) is 0.684. The summed E-state index contributed by atoms with van der Waals surface area (Å²) < 4.78 is 38.5. The molecule has 1 N–H and O–H groups in total. The van der Waals surface area contributed by atoms with Gasteiger partial charge in [0.25, 0.3) is 0 Å². The number of piperazine rings is 1. The summed E-state index contributed by atoms with van der Waals surface area (Å²) in [4.78, 5) is 2.29. The van der Waals surface area contributed by atoms with Crippen LogP contribution in [0.5, 0.6) is 0 Å². The first-order valence-corrected chi connectivity index (χ1v) is 7.73. The molecule has 0 saturated carbocycles. The Morgan fingerprint density at radius 1 is 1.25 bits per heavy atom. The molecule has 0 unspecified atom stereocenters. The van der Waals surface area contributed by atoms with Crippen LogP contribution in [0.25, 0.3) is 0 Å². The zero-order chi connectivity index (χ0) is 16.2. The first-order valence-electron chi connectivity index (χ1n) is 7.36. The fourth-order valence-corrected chi connectivity index (χ4v) is 3.09. The molecule has 1 aromatic rings. The molecule has 0 amide bonds. The van der Waals surface area contributed by atoms with E-state index in [1.165, 1.54) is 6.07 Å². The SMILES string of the molecule is C=CCC[C@@H](c1ccc(C(F)(F)F)c(Cl)c1)N1CCNCC1.Cl.Cl. The van der Waals surface area contributed by atoms with E-state index >= 15 is 0 Å². The van der Waals surface area contributed by atoms with E-state index < -0.39 is 11.7 Å². The first kappa shape index (κ1) is 23.5. The highest BCUT2D eigenvalue weighted by Gasteiger charge is 2.33. The molecule has 1 atom stereocenters. The summed E-state index contributed by atoms with van der Waals surface area (Å²) in [5.74, 6) is 0. The van der Waals surface area contributed by atoms with Crippen LogP contribution < -0.4 is 5.32 Å². The maximum atomic E-state index is 12.8. The molecular weight excluding hydrogens is 384 g/mol. The van der Waals surface area contributed by atoms with E-state index in [0.29, 0.717) is 0 Å². The Labute approximate surface area is 158 Å². The molecule has 138 valence electrons. The van der Waals surface area contributed by atoms with Crippen molar-refractivity contribution < 1.29 is 13.2 Å².